The fourth-order valence-electron chi connectivity index (χ4n) is 2.49. The Kier molecular flexibility index (Phi) is 5.43. The van der Waals surface area contributed by atoms with Crippen LogP contribution in [0.4, 0.5) is 0 Å². The zero-order valence-corrected chi connectivity index (χ0v) is 15.2. The molecule has 0 radical (unpaired) electrons. The van der Waals surface area contributed by atoms with Crippen molar-refractivity contribution in [2.75, 3.05) is 7.11 Å². The van der Waals surface area contributed by atoms with Crippen LogP contribution in [0.25, 0.3) is 10.4 Å². The molecule has 0 amide bonds. The van der Waals surface area contributed by atoms with Crippen molar-refractivity contribution in [2.45, 2.75) is 13.5 Å². The van der Waals surface area contributed by atoms with Crippen molar-refractivity contribution in [3.63, 3.8) is 0 Å². The van der Waals surface area contributed by atoms with Gasteiger partial charge in [0, 0.05) is 21.5 Å². The van der Waals surface area contributed by atoms with E-state index in [9.17, 15) is 9.59 Å². The molecule has 0 unspecified atom stereocenters. The maximum Gasteiger partial charge on any atom is 0.357 e. The Balaban J connectivity index is 1.86. The number of aryl methyl sites for hydroxylation is 1. The Morgan fingerprint density at radius 3 is 2.58 bits per heavy atom. The van der Waals surface area contributed by atoms with E-state index in [2.05, 4.69) is 4.98 Å². The molecule has 0 spiro atoms. The molecule has 0 bridgehead atoms. The van der Waals surface area contributed by atoms with E-state index in [0.29, 0.717) is 11.1 Å². The van der Waals surface area contributed by atoms with E-state index >= 15 is 0 Å². The molecular formula is C20H17NO4S. The summed E-state index contributed by atoms with van der Waals surface area (Å²) >= 11 is 1.41. The summed E-state index contributed by atoms with van der Waals surface area (Å²) in [5.41, 5.74) is 2.24. The van der Waals surface area contributed by atoms with Gasteiger partial charge in [0.2, 0.25) is 0 Å². The number of ether oxygens (including phenoxy) is 2. The number of pyridine rings is 1. The second kappa shape index (κ2) is 7.93. The number of thiophene rings is 1. The lowest BCUT2D eigenvalue weighted by molar-refractivity contribution is 0.0466. The molecule has 2 aromatic heterocycles. The first-order valence-electron chi connectivity index (χ1n) is 7.95. The van der Waals surface area contributed by atoms with Crippen LogP contribution in [-0.4, -0.2) is 24.0 Å². The van der Waals surface area contributed by atoms with E-state index in [4.69, 9.17) is 9.47 Å². The van der Waals surface area contributed by atoms with E-state index < -0.39 is 11.9 Å². The predicted molar refractivity (Wildman–Crippen MR) is 99.2 cm³/mol. The van der Waals surface area contributed by atoms with Crippen molar-refractivity contribution in [3.8, 4) is 10.4 Å². The molecule has 3 aromatic rings. The van der Waals surface area contributed by atoms with E-state index in [-0.39, 0.29) is 12.3 Å². The zero-order valence-electron chi connectivity index (χ0n) is 14.4. The molecule has 0 saturated heterocycles. The van der Waals surface area contributed by atoms with Gasteiger partial charge in [-0.1, -0.05) is 30.3 Å². The number of methoxy groups -OCH3 is 1. The van der Waals surface area contributed by atoms with Crippen molar-refractivity contribution >= 4 is 23.3 Å². The summed E-state index contributed by atoms with van der Waals surface area (Å²) in [7, 11) is 1.34. The monoisotopic (exact) mass is 367 g/mol. The molecule has 3 rings (SSSR count). The Hall–Kier alpha value is -2.99. The topological polar surface area (TPSA) is 65.5 Å². The highest BCUT2D eigenvalue weighted by molar-refractivity contribution is 7.15. The summed E-state index contributed by atoms with van der Waals surface area (Å²) in [6.07, 6.45) is 1.55. The average molecular weight is 367 g/mol. The first-order chi connectivity index (χ1) is 12.6. The predicted octanol–water partition coefficient (Wildman–Crippen LogP) is 4.26. The Labute approximate surface area is 155 Å². The lowest BCUT2D eigenvalue weighted by atomic mass is 10.1. The molecule has 0 atom stereocenters. The lowest BCUT2D eigenvalue weighted by Crippen LogP contribution is -2.09. The first kappa shape index (κ1) is 17.8. The molecule has 0 N–H and O–H groups in total. The number of hydrogen-bond acceptors (Lipinski definition) is 6. The molecule has 0 fully saturated rings. The Morgan fingerprint density at radius 1 is 1.08 bits per heavy atom. The van der Waals surface area contributed by atoms with Crippen molar-refractivity contribution in [2.24, 2.45) is 0 Å². The van der Waals surface area contributed by atoms with Crippen LogP contribution >= 0.6 is 11.3 Å². The number of carbonyl (C=O) groups excluding carboxylic acids is 2. The quantitative estimate of drug-likeness (QED) is 0.630. The second-order valence-corrected chi connectivity index (χ2v) is 6.79. The summed E-state index contributed by atoms with van der Waals surface area (Å²) in [4.78, 5) is 30.1. The smallest absolute Gasteiger partial charge is 0.357 e. The molecule has 0 saturated carbocycles. The molecule has 6 heteroatoms. The highest BCUT2D eigenvalue weighted by atomic mass is 32.1. The van der Waals surface area contributed by atoms with Crippen LogP contribution in [0.2, 0.25) is 0 Å². The number of benzene rings is 1. The zero-order chi connectivity index (χ0) is 18.5. The third-order valence-corrected chi connectivity index (χ3v) is 4.89. The summed E-state index contributed by atoms with van der Waals surface area (Å²) < 4.78 is 10.2. The minimum Gasteiger partial charge on any atom is -0.465 e. The van der Waals surface area contributed by atoms with Gasteiger partial charge >= 0.3 is 11.9 Å². The average Bonchev–Trinajstić information content (AvgIpc) is 3.08. The van der Waals surface area contributed by atoms with Crippen LogP contribution in [0.5, 0.6) is 0 Å². The number of carbonyl (C=O) groups is 2. The maximum absolute atomic E-state index is 12.5. The molecular weight excluding hydrogens is 350 g/mol. The molecule has 0 aliphatic rings. The fourth-order valence-corrected chi connectivity index (χ4v) is 3.52. The maximum atomic E-state index is 12.5. The Morgan fingerprint density at radius 2 is 1.85 bits per heavy atom. The second-order valence-electron chi connectivity index (χ2n) is 5.53. The van der Waals surface area contributed by atoms with Crippen LogP contribution in [0.15, 0.2) is 54.7 Å². The van der Waals surface area contributed by atoms with Crippen molar-refractivity contribution in [3.05, 3.63) is 76.4 Å². The molecule has 0 aliphatic carbocycles. The number of rotatable bonds is 5. The molecule has 2 heterocycles. The van der Waals surface area contributed by atoms with Gasteiger partial charge in [-0.2, -0.15) is 0 Å². The lowest BCUT2D eigenvalue weighted by Gasteiger charge is -2.07. The van der Waals surface area contributed by atoms with Crippen molar-refractivity contribution < 1.29 is 19.1 Å². The SMILES string of the molecule is COC(=O)c1cc(-c2cccnc2C(=O)OCc2ccccc2)sc1C. The first-order valence-corrected chi connectivity index (χ1v) is 8.77. The highest BCUT2D eigenvalue weighted by Gasteiger charge is 2.20. The van der Waals surface area contributed by atoms with Gasteiger partial charge in [0.25, 0.3) is 0 Å². The number of esters is 2. The van der Waals surface area contributed by atoms with Crippen LogP contribution < -0.4 is 0 Å². The van der Waals surface area contributed by atoms with Crippen LogP contribution in [-0.2, 0) is 16.1 Å². The third-order valence-electron chi connectivity index (χ3n) is 3.80. The summed E-state index contributed by atoms with van der Waals surface area (Å²) in [5.74, 6) is -0.905. The van der Waals surface area contributed by atoms with Crippen LogP contribution in [0, 0.1) is 6.92 Å². The molecule has 5 nitrogen and oxygen atoms in total. The third kappa shape index (κ3) is 3.81. The standard InChI is InChI=1S/C20H17NO4S/c1-13-16(19(22)24-2)11-17(26-13)15-9-6-10-21-18(15)20(23)25-12-14-7-4-3-5-8-14/h3-11H,12H2,1-2H3. The summed E-state index contributed by atoms with van der Waals surface area (Å²) in [6, 6.07) is 14.7. The fraction of sp³-hybridized carbons (Fsp3) is 0.150. The largest absolute Gasteiger partial charge is 0.465 e. The minimum atomic E-state index is -0.505. The number of aromatic nitrogens is 1. The van der Waals surface area contributed by atoms with E-state index in [1.54, 1.807) is 24.4 Å². The van der Waals surface area contributed by atoms with Gasteiger partial charge in [-0.25, -0.2) is 14.6 Å². The molecule has 1 aromatic carbocycles. The van der Waals surface area contributed by atoms with Gasteiger partial charge in [0.05, 0.1) is 12.7 Å². The highest BCUT2D eigenvalue weighted by Crippen LogP contribution is 2.33. The summed E-state index contributed by atoms with van der Waals surface area (Å²) in [6.45, 7) is 2.01. The van der Waals surface area contributed by atoms with Crippen LogP contribution in [0.1, 0.15) is 31.3 Å². The molecule has 132 valence electrons. The van der Waals surface area contributed by atoms with Gasteiger partial charge < -0.3 is 9.47 Å². The van der Waals surface area contributed by atoms with Crippen molar-refractivity contribution in [1.29, 1.82) is 0 Å². The van der Waals surface area contributed by atoms with Gasteiger partial charge in [0.15, 0.2) is 5.69 Å². The van der Waals surface area contributed by atoms with Gasteiger partial charge in [-0.3, -0.25) is 0 Å². The van der Waals surface area contributed by atoms with Gasteiger partial charge in [-0.15, -0.1) is 11.3 Å². The minimum absolute atomic E-state index is 0.173. The van der Waals surface area contributed by atoms with Crippen LogP contribution in [0.3, 0.4) is 0 Å². The van der Waals surface area contributed by atoms with E-state index in [0.717, 1.165) is 15.3 Å². The van der Waals surface area contributed by atoms with Gasteiger partial charge in [0.1, 0.15) is 6.61 Å². The van der Waals surface area contributed by atoms with E-state index in [1.165, 1.54) is 18.4 Å². The normalized spacial score (nSPS) is 10.4. The number of nitrogens with zero attached hydrogens (tertiary/aromatic N) is 1. The summed E-state index contributed by atoms with van der Waals surface area (Å²) in [5, 5.41) is 0. The van der Waals surface area contributed by atoms with Crippen molar-refractivity contribution in [1.82, 2.24) is 4.98 Å². The van der Waals surface area contributed by atoms with Gasteiger partial charge in [-0.05, 0) is 30.7 Å². The van der Waals surface area contributed by atoms with E-state index in [1.807, 2.05) is 37.3 Å². The Bertz CT molecular complexity index is 934. The number of hydrogen-bond donors (Lipinski definition) is 0. The molecule has 0 aliphatic heterocycles. The molecule has 26 heavy (non-hydrogen) atoms.